The van der Waals surface area contributed by atoms with Gasteiger partial charge in [-0.2, -0.15) is 5.10 Å². The van der Waals surface area contributed by atoms with E-state index in [2.05, 4.69) is 14.9 Å². The summed E-state index contributed by atoms with van der Waals surface area (Å²) >= 11 is 1.43. The second-order valence-electron chi connectivity index (χ2n) is 6.08. The number of carbonyl (C=O) groups is 1. The maximum atomic E-state index is 11.4. The Morgan fingerprint density at radius 3 is 2.77 bits per heavy atom. The van der Waals surface area contributed by atoms with Gasteiger partial charge in [-0.1, -0.05) is 54.2 Å². The van der Waals surface area contributed by atoms with Crippen molar-refractivity contribution in [2.75, 3.05) is 7.11 Å². The van der Waals surface area contributed by atoms with Crippen LogP contribution in [0.3, 0.4) is 0 Å². The van der Waals surface area contributed by atoms with Gasteiger partial charge in [-0.15, -0.1) is 5.10 Å². The molecular weight excluding hydrogens is 402 g/mol. The fourth-order valence-electron chi connectivity index (χ4n) is 2.42. The van der Waals surface area contributed by atoms with Gasteiger partial charge in [0.05, 0.1) is 13.3 Å². The molecule has 2 aromatic carbocycles. The van der Waals surface area contributed by atoms with Crippen molar-refractivity contribution in [1.29, 1.82) is 0 Å². The number of methoxy groups -OCH3 is 1. The molecular formula is C22H21N3O4S. The van der Waals surface area contributed by atoms with Gasteiger partial charge in [0.15, 0.2) is 5.17 Å². The Balaban J connectivity index is 1.52. The van der Waals surface area contributed by atoms with E-state index in [0.717, 1.165) is 11.3 Å². The van der Waals surface area contributed by atoms with Gasteiger partial charge in [0.1, 0.15) is 18.1 Å². The third kappa shape index (κ3) is 6.52. The summed E-state index contributed by atoms with van der Waals surface area (Å²) in [6.07, 6.45) is 1.60. The second-order valence-corrected chi connectivity index (χ2v) is 7.07. The quantitative estimate of drug-likeness (QED) is 0.252. The molecule has 30 heavy (non-hydrogen) atoms. The molecule has 0 aliphatic heterocycles. The van der Waals surface area contributed by atoms with E-state index in [0.29, 0.717) is 16.7 Å². The highest BCUT2D eigenvalue weighted by molar-refractivity contribution is 8.13. The van der Waals surface area contributed by atoms with Gasteiger partial charge in [-0.25, -0.2) is 4.79 Å². The number of furan rings is 1. The molecule has 0 aliphatic carbocycles. The van der Waals surface area contributed by atoms with E-state index in [4.69, 9.17) is 14.9 Å². The summed E-state index contributed by atoms with van der Waals surface area (Å²) < 4.78 is 15.7. The SMILES string of the molecule is COC(=O)c1ccc(COc2cccc(C=NN=C(N)SCc3ccccc3)c2)o1. The Morgan fingerprint density at radius 2 is 1.97 bits per heavy atom. The van der Waals surface area contributed by atoms with Crippen LogP contribution in [0.1, 0.15) is 27.4 Å². The Hall–Kier alpha value is -3.52. The predicted octanol–water partition coefficient (Wildman–Crippen LogP) is 4.23. The maximum absolute atomic E-state index is 11.4. The van der Waals surface area contributed by atoms with E-state index in [1.807, 2.05) is 54.6 Å². The zero-order valence-electron chi connectivity index (χ0n) is 16.4. The predicted molar refractivity (Wildman–Crippen MR) is 118 cm³/mol. The average Bonchev–Trinajstić information content (AvgIpc) is 3.26. The minimum atomic E-state index is -0.527. The first kappa shape index (κ1) is 21.2. The number of rotatable bonds is 8. The molecule has 0 radical (unpaired) electrons. The number of nitrogens with two attached hydrogens (primary N) is 1. The fraction of sp³-hybridized carbons (Fsp3) is 0.136. The molecule has 1 heterocycles. The van der Waals surface area contributed by atoms with Crippen molar-refractivity contribution in [1.82, 2.24) is 0 Å². The fourth-order valence-corrected chi connectivity index (χ4v) is 3.03. The first-order chi connectivity index (χ1) is 14.6. The van der Waals surface area contributed by atoms with E-state index in [1.54, 1.807) is 18.3 Å². The van der Waals surface area contributed by atoms with Crippen molar-refractivity contribution in [3.63, 3.8) is 0 Å². The number of nitrogens with zero attached hydrogens (tertiary/aromatic N) is 2. The molecule has 2 N–H and O–H groups in total. The lowest BCUT2D eigenvalue weighted by Gasteiger charge is -2.04. The Bertz CT molecular complexity index is 1030. The minimum Gasteiger partial charge on any atom is -0.486 e. The molecule has 7 nitrogen and oxygen atoms in total. The molecule has 0 bridgehead atoms. The van der Waals surface area contributed by atoms with Crippen LogP contribution in [-0.4, -0.2) is 24.5 Å². The molecule has 3 rings (SSSR count). The van der Waals surface area contributed by atoms with Gasteiger partial charge in [0.2, 0.25) is 5.76 Å². The number of amidine groups is 1. The van der Waals surface area contributed by atoms with Crippen LogP contribution in [0.5, 0.6) is 5.75 Å². The molecule has 154 valence electrons. The van der Waals surface area contributed by atoms with Crippen LogP contribution in [0.25, 0.3) is 0 Å². The molecule has 0 atom stereocenters. The van der Waals surface area contributed by atoms with Crippen molar-refractivity contribution in [2.45, 2.75) is 12.4 Å². The van der Waals surface area contributed by atoms with Crippen LogP contribution in [0.15, 0.2) is 81.4 Å². The number of esters is 1. The summed E-state index contributed by atoms with van der Waals surface area (Å²) in [5.74, 6) is 1.49. The molecule has 0 spiro atoms. The summed E-state index contributed by atoms with van der Waals surface area (Å²) in [6, 6.07) is 20.6. The molecule has 0 fully saturated rings. The number of hydrogen-bond acceptors (Lipinski definition) is 7. The third-order valence-corrected chi connectivity index (χ3v) is 4.74. The lowest BCUT2D eigenvalue weighted by atomic mass is 10.2. The second kappa shape index (κ2) is 10.9. The highest BCUT2D eigenvalue weighted by atomic mass is 32.2. The molecule has 0 aliphatic rings. The highest BCUT2D eigenvalue weighted by Crippen LogP contribution is 2.16. The topological polar surface area (TPSA) is 99.4 Å². The summed E-state index contributed by atoms with van der Waals surface area (Å²) in [7, 11) is 1.30. The molecule has 0 saturated heterocycles. The van der Waals surface area contributed by atoms with E-state index >= 15 is 0 Å². The van der Waals surface area contributed by atoms with Gasteiger partial charge in [-0.3, -0.25) is 0 Å². The molecule has 0 saturated carbocycles. The largest absolute Gasteiger partial charge is 0.486 e. The van der Waals surface area contributed by atoms with Gasteiger partial charge >= 0.3 is 5.97 Å². The third-order valence-electron chi connectivity index (χ3n) is 3.88. The minimum absolute atomic E-state index is 0.137. The van der Waals surface area contributed by atoms with Gasteiger partial charge in [-0.05, 0) is 35.4 Å². The lowest BCUT2D eigenvalue weighted by Crippen LogP contribution is -2.06. The van der Waals surface area contributed by atoms with E-state index in [9.17, 15) is 4.79 Å². The lowest BCUT2D eigenvalue weighted by molar-refractivity contribution is 0.0561. The van der Waals surface area contributed by atoms with Crippen LogP contribution in [0, 0.1) is 0 Å². The number of carbonyl (C=O) groups excluding carboxylic acids is 1. The summed E-state index contributed by atoms with van der Waals surface area (Å²) in [5.41, 5.74) is 7.88. The smallest absolute Gasteiger partial charge is 0.373 e. The molecule has 8 heteroatoms. The van der Waals surface area contributed by atoms with E-state index < -0.39 is 5.97 Å². The first-order valence-electron chi connectivity index (χ1n) is 9.07. The number of hydrogen-bond donors (Lipinski definition) is 1. The van der Waals surface area contributed by atoms with Crippen molar-refractivity contribution in [3.05, 3.63) is 89.4 Å². The first-order valence-corrected chi connectivity index (χ1v) is 10.1. The van der Waals surface area contributed by atoms with E-state index in [-0.39, 0.29) is 12.4 Å². The highest BCUT2D eigenvalue weighted by Gasteiger charge is 2.11. The molecule has 0 unspecified atom stereocenters. The Kier molecular flexibility index (Phi) is 7.68. The maximum Gasteiger partial charge on any atom is 0.373 e. The number of ether oxygens (including phenoxy) is 2. The van der Waals surface area contributed by atoms with E-state index in [1.165, 1.54) is 24.4 Å². The normalized spacial score (nSPS) is 11.6. The number of benzene rings is 2. The zero-order valence-corrected chi connectivity index (χ0v) is 17.2. The molecule has 3 aromatic rings. The monoisotopic (exact) mass is 423 g/mol. The van der Waals surface area contributed by atoms with Crippen LogP contribution in [0.2, 0.25) is 0 Å². The standard InChI is InChI=1S/C22H21N3O4S/c1-27-21(26)20-11-10-19(29-20)14-28-18-9-5-8-17(12-18)13-24-25-22(23)30-15-16-6-3-2-4-7-16/h2-13H,14-15H2,1H3,(H2,23,25). The van der Waals surface area contributed by atoms with Crippen molar-refractivity contribution >= 4 is 29.1 Å². The Morgan fingerprint density at radius 1 is 1.13 bits per heavy atom. The van der Waals surface area contributed by atoms with Gasteiger partial charge in [0.25, 0.3) is 0 Å². The van der Waals surface area contributed by atoms with Gasteiger partial charge in [0, 0.05) is 5.75 Å². The van der Waals surface area contributed by atoms with Crippen molar-refractivity contribution < 1.29 is 18.7 Å². The Labute approximate surface area is 178 Å². The molecule has 0 amide bonds. The average molecular weight is 423 g/mol. The zero-order chi connectivity index (χ0) is 21.2. The van der Waals surface area contributed by atoms with Crippen LogP contribution >= 0.6 is 11.8 Å². The number of thioether (sulfide) groups is 1. The van der Waals surface area contributed by atoms with Crippen molar-refractivity contribution in [2.24, 2.45) is 15.9 Å². The van der Waals surface area contributed by atoms with Crippen LogP contribution in [0.4, 0.5) is 0 Å². The molecule has 1 aromatic heterocycles. The van der Waals surface area contributed by atoms with Crippen LogP contribution in [-0.2, 0) is 17.1 Å². The summed E-state index contributed by atoms with van der Waals surface area (Å²) in [6.45, 7) is 0.179. The van der Waals surface area contributed by atoms with Gasteiger partial charge < -0.3 is 19.6 Å². The van der Waals surface area contributed by atoms with Crippen LogP contribution < -0.4 is 10.5 Å². The summed E-state index contributed by atoms with van der Waals surface area (Å²) in [5, 5.41) is 8.44. The summed E-state index contributed by atoms with van der Waals surface area (Å²) in [4.78, 5) is 11.4. The van der Waals surface area contributed by atoms with Crippen molar-refractivity contribution in [3.8, 4) is 5.75 Å².